The quantitative estimate of drug-likeness (QED) is 0.695. The first kappa shape index (κ1) is 15.8. The van der Waals surface area contributed by atoms with Crippen molar-refractivity contribution in [1.29, 1.82) is 0 Å². The summed E-state index contributed by atoms with van der Waals surface area (Å²) in [5.41, 5.74) is 6.05. The monoisotopic (exact) mass is 362 g/mol. The van der Waals surface area contributed by atoms with E-state index in [-0.39, 0.29) is 23.3 Å². The van der Waals surface area contributed by atoms with Crippen molar-refractivity contribution in [3.8, 4) is 0 Å². The maximum Gasteiger partial charge on any atom is 0.241 e. The van der Waals surface area contributed by atoms with E-state index >= 15 is 0 Å². The van der Waals surface area contributed by atoms with Crippen LogP contribution in [-0.2, 0) is 10.0 Å². The van der Waals surface area contributed by atoms with E-state index in [1.54, 1.807) is 12.1 Å². The third kappa shape index (κ3) is 3.52. The Bertz CT molecular complexity index is 577. The molecule has 1 aliphatic rings. The molecule has 2 unspecified atom stereocenters. The van der Waals surface area contributed by atoms with Crippen LogP contribution < -0.4 is 10.5 Å². The molecule has 1 saturated carbocycles. The summed E-state index contributed by atoms with van der Waals surface area (Å²) in [7, 11) is -3.59. The van der Waals surface area contributed by atoms with Crippen molar-refractivity contribution in [3.63, 3.8) is 0 Å². The summed E-state index contributed by atoms with van der Waals surface area (Å²) < 4.78 is 27.7. The molecule has 2 atom stereocenters. The van der Waals surface area contributed by atoms with Gasteiger partial charge in [0.1, 0.15) is 0 Å². The fraction of sp³-hybridized carbons (Fsp3) is 0.538. The molecule has 0 heterocycles. The summed E-state index contributed by atoms with van der Waals surface area (Å²) in [6.07, 6.45) is 2.95. The molecule has 1 aromatic rings. The first-order valence-corrected chi connectivity index (χ1v) is 8.87. The number of hydrogen-bond donors (Lipinski definition) is 3. The van der Waals surface area contributed by atoms with Gasteiger partial charge in [-0.3, -0.25) is 0 Å². The zero-order valence-electron chi connectivity index (χ0n) is 11.0. The third-order valence-electron chi connectivity index (χ3n) is 3.83. The van der Waals surface area contributed by atoms with E-state index in [1.807, 2.05) is 0 Å². The molecule has 1 fully saturated rings. The van der Waals surface area contributed by atoms with Crippen molar-refractivity contribution < 1.29 is 13.5 Å². The number of nitrogen functional groups attached to an aromatic ring is 1. The lowest BCUT2D eigenvalue weighted by Gasteiger charge is -2.18. The molecule has 0 saturated heterocycles. The molecule has 2 rings (SSSR count). The highest BCUT2D eigenvalue weighted by Gasteiger charge is 2.28. The van der Waals surface area contributed by atoms with E-state index in [0.717, 1.165) is 19.3 Å². The largest absolute Gasteiger partial charge is 0.399 e. The second-order valence-electron chi connectivity index (χ2n) is 5.18. The van der Waals surface area contributed by atoms with E-state index in [0.29, 0.717) is 16.7 Å². The predicted octanol–water partition coefficient (Wildman–Crippen LogP) is 1.72. The van der Waals surface area contributed by atoms with Crippen LogP contribution in [0.3, 0.4) is 0 Å². The van der Waals surface area contributed by atoms with Gasteiger partial charge in [-0.05, 0) is 58.8 Å². The lowest BCUT2D eigenvalue weighted by Crippen LogP contribution is -2.32. The minimum absolute atomic E-state index is 0.119. The molecular weight excluding hydrogens is 344 g/mol. The highest BCUT2D eigenvalue weighted by molar-refractivity contribution is 9.10. The number of aliphatic hydroxyl groups is 1. The maximum absolute atomic E-state index is 12.3. The van der Waals surface area contributed by atoms with Crippen molar-refractivity contribution >= 4 is 31.6 Å². The number of anilines is 1. The summed E-state index contributed by atoms with van der Waals surface area (Å²) in [4.78, 5) is 0.149. The van der Waals surface area contributed by atoms with E-state index in [1.165, 1.54) is 6.07 Å². The Labute approximate surface area is 127 Å². The maximum atomic E-state index is 12.3. The van der Waals surface area contributed by atoms with Crippen molar-refractivity contribution in [2.45, 2.75) is 24.2 Å². The van der Waals surface area contributed by atoms with E-state index < -0.39 is 10.0 Å². The normalized spacial score (nSPS) is 23.1. The van der Waals surface area contributed by atoms with Crippen LogP contribution in [0.5, 0.6) is 0 Å². The molecule has 5 nitrogen and oxygen atoms in total. The minimum Gasteiger partial charge on any atom is -0.399 e. The van der Waals surface area contributed by atoms with Gasteiger partial charge >= 0.3 is 0 Å². The zero-order valence-corrected chi connectivity index (χ0v) is 13.5. The summed E-state index contributed by atoms with van der Waals surface area (Å²) >= 11 is 3.23. The van der Waals surface area contributed by atoms with Crippen LogP contribution in [-0.4, -0.2) is 26.7 Å². The first-order valence-electron chi connectivity index (χ1n) is 6.59. The molecule has 4 N–H and O–H groups in total. The van der Waals surface area contributed by atoms with Gasteiger partial charge in [-0.25, -0.2) is 13.1 Å². The highest BCUT2D eigenvalue weighted by Crippen LogP contribution is 2.31. The second-order valence-corrected chi connectivity index (χ2v) is 7.77. The fourth-order valence-electron chi connectivity index (χ4n) is 2.64. The van der Waals surface area contributed by atoms with Crippen LogP contribution in [0.2, 0.25) is 0 Å². The van der Waals surface area contributed by atoms with Gasteiger partial charge in [0.05, 0.1) is 4.90 Å². The average molecular weight is 363 g/mol. The van der Waals surface area contributed by atoms with Crippen molar-refractivity contribution in [3.05, 3.63) is 22.7 Å². The molecule has 0 radical (unpaired) electrons. The Hall–Kier alpha value is -0.630. The Morgan fingerprint density at radius 2 is 2.05 bits per heavy atom. The number of hydrogen-bond acceptors (Lipinski definition) is 4. The number of benzene rings is 1. The number of nitrogens with one attached hydrogen (secondary N) is 1. The Balaban J connectivity index is 2.09. The van der Waals surface area contributed by atoms with Crippen molar-refractivity contribution in [2.75, 3.05) is 18.9 Å². The third-order valence-corrected chi connectivity index (χ3v) is 6.25. The van der Waals surface area contributed by atoms with Crippen LogP contribution in [0.25, 0.3) is 0 Å². The van der Waals surface area contributed by atoms with Crippen LogP contribution in [0.15, 0.2) is 27.6 Å². The fourth-order valence-corrected chi connectivity index (χ4v) is 4.73. The highest BCUT2D eigenvalue weighted by atomic mass is 79.9. The second kappa shape index (κ2) is 6.43. The van der Waals surface area contributed by atoms with E-state index in [2.05, 4.69) is 20.7 Å². The molecule has 1 aromatic carbocycles. The number of rotatable bonds is 5. The first-order chi connectivity index (χ1) is 9.44. The lowest BCUT2D eigenvalue weighted by molar-refractivity contribution is 0.195. The van der Waals surface area contributed by atoms with E-state index in [9.17, 15) is 13.5 Å². The van der Waals surface area contributed by atoms with Crippen LogP contribution >= 0.6 is 15.9 Å². The molecule has 20 heavy (non-hydrogen) atoms. The van der Waals surface area contributed by atoms with Gasteiger partial charge < -0.3 is 10.8 Å². The van der Waals surface area contributed by atoms with Gasteiger partial charge in [0.25, 0.3) is 0 Å². The predicted molar refractivity (Wildman–Crippen MR) is 81.7 cm³/mol. The molecular formula is C13H19BrN2O3S. The Morgan fingerprint density at radius 1 is 1.35 bits per heavy atom. The molecule has 0 aromatic heterocycles. The van der Waals surface area contributed by atoms with Gasteiger partial charge in [-0.2, -0.15) is 0 Å². The summed E-state index contributed by atoms with van der Waals surface area (Å²) in [5.74, 6) is 0.400. The van der Waals surface area contributed by atoms with Crippen molar-refractivity contribution in [1.82, 2.24) is 4.72 Å². The van der Waals surface area contributed by atoms with Gasteiger partial charge in [-0.1, -0.05) is 6.42 Å². The Morgan fingerprint density at radius 3 is 2.75 bits per heavy atom. The summed E-state index contributed by atoms with van der Waals surface area (Å²) in [6.45, 7) is 0.475. The van der Waals surface area contributed by atoms with Crippen LogP contribution in [0.1, 0.15) is 19.3 Å². The topological polar surface area (TPSA) is 92.4 Å². The molecule has 0 spiro atoms. The average Bonchev–Trinajstić information content (AvgIpc) is 2.86. The number of halogens is 1. The Kier molecular flexibility index (Phi) is 5.06. The lowest BCUT2D eigenvalue weighted by atomic mass is 9.97. The van der Waals surface area contributed by atoms with Gasteiger partial charge in [0.15, 0.2) is 0 Å². The van der Waals surface area contributed by atoms with Crippen LogP contribution in [0.4, 0.5) is 5.69 Å². The zero-order chi connectivity index (χ0) is 14.8. The number of sulfonamides is 1. The van der Waals surface area contributed by atoms with Gasteiger partial charge in [0.2, 0.25) is 10.0 Å². The van der Waals surface area contributed by atoms with Gasteiger partial charge in [0, 0.05) is 23.3 Å². The van der Waals surface area contributed by atoms with Crippen molar-refractivity contribution in [2.24, 2.45) is 11.8 Å². The molecule has 1 aliphatic carbocycles. The number of nitrogens with two attached hydrogens (primary N) is 1. The molecule has 7 heteroatoms. The van der Waals surface area contributed by atoms with Gasteiger partial charge in [-0.15, -0.1) is 0 Å². The smallest absolute Gasteiger partial charge is 0.241 e. The van der Waals surface area contributed by atoms with Crippen LogP contribution in [0, 0.1) is 11.8 Å². The summed E-state index contributed by atoms with van der Waals surface area (Å²) in [6, 6.07) is 4.70. The molecule has 0 bridgehead atoms. The minimum atomic E-state index is -3.59. The summed E-state index contributed by atoms with van der Waals surface area (Å²) in [5, 5.41) is 9.26. The molecule has 0 amide bonds. The number of aliphatic hydroxyl groups excluding tert-OH is 1. The molecule has 0 aliphatic heterocycles. The SMILES string of the molecule is Nc1ccc(Br)c(S(=O)(=O)NCC2CCCC2CO)c1. The standard InChI is InChI=1S/C13H19BrN2O3S/c14-12-5-4-11(15)6-13(12)20(18,19)16-7-9-2-1-3-10(9)8-17/h4-6,9-10,16-17H,1-3,7-8,15H2. The van der Waals surface area contributed by atoms with E-state index in [4.69, 9.17) is 5.73 Å². The molecule has 112 valence electrons.